The quantitative estimate of drug-likeness (QED) is 0.0222. The molecule has 0 aromatic rings. The van der Waals surface area contributed by atoms with E-state index in [4.69, 9.17) is 56.8 Å². The number of hydrogen-bond donors (Lipinski definition) is 23. The zero-order valence-corrected chi connectivity index (χ0v) is 70.0. The molecule has 6 rings (SSSR count). The van der Waals surface area contributed by atoms with E-state index in [1.165, 1.54) is 122 Å². The number of aliphatic hydroxyl groups is 19. The topological polar surface area (TPSA) is 620 Å². The third-order valence-electron chi connectivity index (χ3n) is 23.2. The molecule has 3 amide bonds. The highest BCUT2D eigenvalue weighted by molar-refractivity contribution is 5.77. The summed E-state index contributed by atoms with van der Waals surface area (Å²) in [6.45, 7) is -0.665. The van der Waals surface area contributed by atoms with Crippen LogP contribution in [0.1, 0.15) is 227 Å². The monoisotopic (exact) mass is 1740 g/mol. The third-order valence-corrected chi connectivity index (χ3v) is 23.2. The van der Waals surface area contributed by atoms with Gasteiger partial charge in [-0.2, -0.15) is 0 Å². The minimum Gasteiger partial charge on any atom is -0.477 e. The van der Waals surface area contributed by atoms with Gasteiger partial charge in [-0.05, 0) is 19.3 Å². The lowest BCUT2D eigenvalue weighted by Crippen LogP contribution is -2.71. The van der Waals surface area contributed by atoms with Gasteiger partial charge in [-0.1, -0.05) is 193 Å². The lowest BCUT2D eigenvalue weighted by molar-refractivity contribution is -0.392. The summed E-state index contributed by atoms with van der Waals surface area (Å²) in [6, 6.07) is -4.72. The third kappa shape index (κ3) is 31.4. The van der Waals surface area contributed by atoms with Gasteiger partial charge in [0, 0.05) is 26.7 Å². The number of carboxylic acid groups (broad SMARTS) is 1. The van der Waals surface area contributed by atoms with Crippen LogP contribution in [0.2, 0.25) is 0 Å². The summed E-state index contributed by atoms with van der Waals surface area (Å²) < 4.78 is 70.6. The highest BCUT2D eigenvalue weighted by Crippen LogP contribution is 2.41. The second kappa shape index (κ2) is 55.2. The van der Waals surface area contributed by atoms with E-state index in [1.54, 1.807) is 6.08 Å². The predicted molar refractivity (Wildman–Crippen MR) is 420 cm³/mol. The first-order valence-electron chi connectivity index (χ1n) is 43.6. The first-order valence-corrected chi connectivity index (χ1v) is 43.6. The van der Waals surface area contributed by atoms with E-state index in [0.717, 1.165) is 65.2 Å². The molecule has 0 aromatic carbocycles. The van der Waals surface area contributed by atoms with Gasteiger partial charge in [0.2, 0.25) is 17.7 Å². The minimum atomic E-state index is -3.25. The molecule has 12 unspecified atom stereocenters. The molecule has 0 aromatic heterocycles. The van der Waals surface area contributed by atoms with Crippen molar-refractivity contribution in [3.05, 3.63) is 12.2 Å². The summed E-state index contributed by atoms with van der Waals surface area (Å²) in [5, 5.41) is 231. The number of amides is 3. The number of hydrogen-bond acceptors (Lipinski definition) is 35. The van der Waals surface area contributed by atoms with Crippen molar-refractivity contribution in [1.29, 1.82) is 0 Å². The predicted octanol–water partition coefficient (Wildman–Crippen LogP) is -2.44. The standard InChI is InChI=1S/C81H145N3O36/c1-5-7-9-11-13-15-17-19-20-21-22-24-26-28-30-32-34-36-56(96)84-47(48(93)35-33-31-29-27-25-23-18-16-14-12-10-8-6-2)44-109-76-65(103)63(101)69(54(42-89)113-76)115-77-66(104)64(102)70(55(43-90)114-77)116-78-67(105)73(61(99)52(40-87)111-78)118-75-58(83-46(4)92)71(60(98)51(39-86)110-75)117-79-68(106)74(62(100)53(41-88)112-79)120-81(80(107)108)37-49(94)57(82-45(3)91)72(119-81)59(97)50(95)38-85/h33,35,47-55,57-79,85-90,93-95,97-106H,5-32,34,36-44H2,1-4H3,(H,82,91)(H,83,92)(H,84,96)(H,107,108)/b35-33+/t47-,48+,49?,50+,51?,52?,53?,54?,55?,57+,58?,59+,60-,61-,62-,63+,64+,65?,66?,67?,68?,69+,70-,71+,72?,73-,74-,75-,76+,77-,78-,79-,81-/m0/s1. The van der Waals surface area contributed by atoms with E-state index in [1.807, 2.05) is 6.08 Å². The van der Waals surface area contributed by atoms with E-state index in [-0.39, 0.29) is 12.3 Å². The Hall–Kier alpha value is -3.62. The Labute approximate surface area is 702 Å². The van der Waals surface area contributed by atoms with Gasteiger partial charge in [-0.15, -0.1) is 0 Å². The summed E-state index contributed by atoms with van der Waals surface area (Å²) in [5.41, 5.74) is 0. The molecule has 39 nitrogen and oxygen atoms in total. The first-order chi connectivity index (χ1) is 57.5. The van der Waals surface area contributed by atoms with E-state index < -0.39 is 272 Å². The molecule has 0 bridgehead atoms. The molecular formula is C81H145N3O36. The van der Waals surface area contributed by atoms with Crippen molar-refractivity contribution in [2.75, 3.05) is 46.2 Å². The maximum Gasteiger partial charge on any atom is 0.364 e. The van der Waals surface area contributed by atoms with Crippen molar-refractivity contribution in [1.82, 2.24) is 16.0 Å². The van der Waals surface area contributed by atoms with Crippen LogP contribution in [0.5, 0.6) is 0 Å². The molecular weight excluding hydrogens is 1590 g/mol. The Kier molecular flexibility index (Phi) is 48.4. The highest BCUT2D eigenvalue weighted by atomic mass is 16.8. The van der Waals surface area contributed by atoms with Crippen molar-refractivity contribution in [2.45, 2.75) is 429 Å². The van der Waals surface area contributed by atoms with Gasteiger partial charge in [-0.3, -0.25) is 14.4 Å². The Morgan fingerprint density at radius 1 is 0.433 bits per heavy atom. The van der Waals surface area contributed by atoms with Crippen LogP contribution in [0, 0.1) is 0 Å². The molecule has 120 heavy (non-hydrogen) atoms. The Morgan fingerprint density at radius 3 is 1.26 bits per heavy atom. The van der Waals surface area contributed by atoms with Crippen LogP contribution in [0.3, 0.4) is 0 Å². The molecule has 6 aliphatic rings. The van der Waals surface area contributed by atoms with Crippen LogP contribution in [0.4, 0.5) is 0 Å². The van der Waals surface area contributed by atoms with E-state index in [0.29, 0.717) is 12.8 Å². The van der Waals surface area contributed by atoms with Crippen LogP contribution in [-0.2, 0) is 76.0 Å². The smallest absolute Gasteiger partial charge is 0.364 e. The van der Waals surface area contributed by atoms with Gasteiger partial charge in [0.15, 0.2) is 31.5 Å². The van der Waals surface area contributed by atoms with Gasteiger partial charge in [0.05, 0.1) is 70.5 Å². The van der Waals surface area contributed by atoms with Crippen LogP contribution in [0.15, 0.2) is 12.2 Å². The Morgan fingerprint density at radius 2 is 0.808 bits per heavy atom. The number of carbonyl (C=O) groups excluding carboxylic acids is 3. The minimum absolute atomic E-state index is 0.168. The Bertz CT molecular complexity index is 2870. The van der Waals surface area contributed by atoms with E-state index in [2.05, 4.69) is 29.8 Å². The summed E-state index contributed by atoms with van der Waals surface area (Å²) >= 11 is 0. The zero-order valence-electron chi connectivity index (χ0n) is 70.0. The normalized spacial score (nSPS) is 36.0. The molecule has 33 atom stereocenters. The molecule has 0 saturated carbocycles. The zero-order chi connectivity index (χ0) is 88.2. The number of rotatable bonds is 57. The number of carboxylic acids is 1. The molecule has 6 heterocycles. The summed E-state index contributed by atoms with van der Waals surface area (Å²) in [7, 11) is 0. The number of allylic oxidation sites excluding steroid dienone is 1. The van der Waals surface area contributed by atoms with Crippen LogP contribution < -0.4 is 16.0 Å². The number of aliphatic carboxylic acids is 1. The number of aliphatic hydroxyl groups excluding tert-OH is 19. The van der Waals surface area contributed by atoms with Gasteiger partial charge in [0.1, 0.15) is 140 Å². The van der Waals surface area contributed by atoms with Crippen LogP contribution in [0.25, 0.3) is 0 Å². The van der Waals surface area contributed by atoms with Crippen molar-refractivity contribution >= 4 is 23.7 Å². The first kappa shape index (κ1) is 105. The second-order valence-electron chi connectivity index (χ2n) is 32.8. The summed E-state index contributed by atoms with van der Waals surface area (Å²) in [4.78, 5) is 52.1. The number of unbranched alkanes of at least 4 members (excludes halogenated alkanes) is 27. The molecule has 39 heteroatoms. The molecule has 6 fully saturated rings. The van der Waals surface area contributed by atoms with Crippen molar-refractivity contribution in [3.63, 3.8) is 0 Å². The summed E-state index contributed by atoms with van der Waals surface area (Å²) in [6.07, 6.45) is -23.6. The van der Waals surface area contributed by atoms with Crippen molar-refractivity contribution < 1.29 is 178 Å². The highest BCUT2D eigenvalue weighted by Gasteiger charge is 2.62. The number of carbonyl (C=O) groups is 4. The fourth-order valence-corrected chi connectivity index (χ4v) is 16.2. The van der Waals surface area contributed by atoms with Gasteiger partial charge >= 0.3 is 5.97 Å². The summed E-state index contributed by atoms with van der Waals surface area (Å²) in [5.74, 6) is -7.49. The largest absolute Gasteiger partial charge is 0.477 e. The van der Waals surface area contributed by atoms with Gasteiger partial charge in [-0.25, -0.2) is 4.79 Å². The van der Waals surface area contributed by atoms with Crippen molar-refractivity contribution in [3.8, 4) is 0 Å². The molecule has 6 saturated heterocycles. The fourth-order valence-electron chi connectivity index (χ4n) is 16.2. The van der Waals surface area contributed by atoms with E-state index in [9.17, 15) is 121 Å². The fraction of sp³-hybridized carbons (Fsp3) is 0.926. The molecule has 23 N–H and O–H groups in total. The van der Waals surface area contributed by atoms with E-state index >= 15 is 0 Å². The van der Waals surface area contributed by atoms with Crippen LogP contribution >= 0.6 is 0 Å². The maximum atomic E-state index is 13.5. The molecule has 6 aliphatic heterocycles. The lowest BCUT2D eigenvalue weighted by atomic mass is 9.88. The molecule has 700 valence electrons. The SMILES string of the molecule is CCCCCCCCCCCCC/C=C/[C@@H](O)[C@H](CO[C@@H]1OC(CO)[C@@H](O[C@@H]2OC(CO)[C@H](O[C@@H]3OC(CO)[C@H](O)[C@H](O[C@@H]4OC(CO)[C@H](O)[C@H](O[C@@H]5OC(CO)[C@H](O)[C@H](O[C@]6(C(=O)O)CC(O)[C@@H](NC(C)=O)C([C@H](O)[C@H](O)CO)O6)C5O)C4NC(C)=O)C3O)[C@H](O)C2O)[C@H](O)C1O)NC(=O)CCCCCCCCCCCCCCCCCCC. The van der Waals surface area contributed by atoms with Gasteiger partial charge in [0.25, 0.3) is 5.79 Å². The average molecular weight is 1740 g/mol. The van der Waals surface area contributed by atoms with Gasteiger partial charge < -0.3 is 175 Å². The molecule has 0 aliphatic carbocycles. The molecule has 0 spiro atoms. The average Bonchev–Trinajstić information content (AvgIpc) is 0.753. The van der Waals surface area contributed by atoms with Crippen molar-refractivity contribution in [2.24, 2.45) is 0 Å². The maximum absolute atomic E-state index is 13.5. The lowest BCUT2D eigenvalue weighted by Gasteiger charge is -2.51. The Balaban J connectivity index is 1.10. The number of nitrogens with one attached hydrogen (secondary N) is 3. The van der Waals surface area contributed by atoms with Crippen LogP contribution in [-0.4, -0.2) is 374 Å². The second-order valence-corrected chi connectivity index (χ2v) is 32.8. The molecule has 0 radical (unpaired) electrons. The number of ether oxygens (including phenoxy) is 12.